The number of alkyl halides is 3. The van der Waals surface area contributed by atoms with Crippen molar-refractivity contribution in [2.24, 2.45) is 0 Å². The Kier molecular flexibility index (Phi) is 6.22. The number of hydrogen-bond acceptors (Lipinski definition) is 6. The number of benzene rings is 2. The van der Waals surface area contributed by atoms with Gasteiger partial charge in [-0.3, -0.25) is 14.8 Å². The zero-order valence-electron chi connectivity index (χ0n) is 15.8. The monoisotopic (exact) mass is 444 g/mol. The molecule has 0 aromatic heterocycles. The number of halogens is 3. The number of sulfonamides is 1. The van der Waals surface area contributed by atoms with Gasteiger partial charge in [-0.2, -0.15) is 0 Å². The second-order valence-electron chi connectivity index (χ2n) is 6.69. The summed E-state index contributed by atoms with van der Waals surface area (Å²) in [6.07, 6.45) is -4.70. The molecule has 11 heteroatoms. The minimum atomic E-state index is -4.86. The Morgan fingerprint density at radius 3 is 2.50 bits per heavy atom. The van der Waals surface area contributed by atoms with E-state index in [1.807, 2.05) is 6.07 Å². The molecule has 0 spiro atoms. The van der Waals surface area contributed by atoms with Gasteiger partial charge in [0, 0.05) is 31.5 Å². The molecule has 7 nitrogen and oxygen atoms in total. The number of hydrogen-bond donors (Lipinski definition) is 2. The number of carbonyl (C=O) groups excluding carboxylic acids is 1. The van der Waals surface area contributed by atoms with Gasteiger partial charge in [-0.15, -0.1) is 13.2 Å². The lowest BCUT2D eigenvalue weighted by Crippen LogP contribution is -2.26. The second-order valence-corrected chi connectivity index (χ2v) is 8.37. The van der Waals surface area contributed by atoms with Crippen molar-refractivity contribution in [3.63, 3.8) is 0 Å². The van der Waals surface area contributed by atoms with E-state index in [0.717, 1.165) is 29.8 Å². The Balaban J connectivity index is 1.70. The highest BCUT2D eigenvalue weighted by Gasteiger charge is 2.31. The number of esters is 1. The number of rotatable bonds is 6. The van der Waals surface area contributed by atoms with Crippen molar-refractivity contribution in [1.29, 1.82) is 0 Å². The van der Waals surface area contributed by atoms with Crippen molar-refractivity contribution >= 4 is 21.7 Å². The molecular weight excluding hydrogens is 425 g/mol. The molecule has 1 aliphatic rings. The van der Waals surface area contributed by atoms with E-state index in [0.29, 0.717) is 18.7 Å². The molecule has 1 saturated heterocycles. The molecule has 0 aliphatic carbocycles. The molecule has 2 aromatic rings. The lowest BCUT2D eigenvalue weighted by Gasteiger charge is -2.14. The summed E-state index contributed by atoms with van der Waals surface area (Å²) in [4.78, 5) is 10.9. The van der Waals surface area contributed by atoms with E-state index in [2.05, 4.69) is 14.8 Å². The fourth-order valence-electron chi connectivity index (χ4n) is 3.13. The molecule has 1 fully saturated rings. The maximum Gasteiger partial charge on any atom is 0.573 e. The predicted molar refractivity (Wildman–Crippen MR) is 101 cm³/mol. The lowest BCUT2D eigenvalue weighted by atomic mass is 9.98. The van der Waals surface area contributed by atoms with Gasteiger partial charge < -0.3 is 9.47 Å². The van der Waals surface area contributed by atoms with E-state index in [9.17, 15) is 26.4 Å². The predicted octanol–water partition coefficient (Wildman–Crippen LogP) is 3.35. The summed E-state index contributed by atoms with van der Waals surface area (Å²) in [7, 11) is -4.01. The first-order chi connectivity index (χ1) is 14.0. The molecule has 30 heavy (non-hydrogen) atoms. The Bertz CT molecular complexity index is 1010. The van der Waals surface area contributed by atoms with Gasteiger partial charge in [0.05, 0.1) is 4.90 Å². The van der Waals surface area contributed by atoms with Crippen molar-refractivity contribution < 1.29 is 35.9 Å². The third-order valence-electron chi connectivity index (χ3n) is 4.38. The standard InChI is InChI=1S/C19H19F3N2O5S/c1-12(25)28-18-10-14(11-23-18)13-3-2-4-15(9-13)24-30(26,27)17-7-5-16(6-8-17)29-19(20,21)22/h2-9,14,18,23-24H,10-11H2,1H3. The Labute approximate surface area is 171 Å². The van der Waals surface area contributed by atoms with Crippen LogP contribution in [-0.2, 0) is 19.6 Å². The molecule has 0 saturated carbocycles. The quantitative estimate of drug-likeness (QED) is 0.664. The first kappa shape index (κ1) is 21.9. The van der Waals surface area contributed by atoms with Gasteiger partial charge in [0.15, 0.2) is 6.23 Å². The fraction of sp³-hybridized carbons (Fsp3) is 0.316. The summed E-state index contributed by atoms with van der Waals surface area (Å²) in [5, 5.41) is 3.08. The molecule has 2 atom stereocenters. The molecule has 1 heterocycles. The van der Waals surface area contributed by atoms with Gasteiger partial charge in [0.25, 0.3) is 10.0 Å². The summed E-state index contributed by atoms with van der Waals surface area (Å²) in [5.41, 5.74) is 1.16. The molecule has 0 radical (unpaired) electrons. The van der Waals surface area contributed by atoms with Crippen molar-refractivity contribution in [3.05, 3.63) is 54.1 Å². The number of anilines is 1. The van der Waals surface area contributed by atoms with Crippen LogP contribution >= 0.6 is 0 Å². The highest BCUT2D eigenvalue weighted by Crippen LogP contribution is 2.29. The first-order valence-electron chi connectivity index (χ1n) is 8.91. The molecule has 2 N–H and O–H groups in total. The van der Waals surface area contributed by atoms with Crippen LogP contribution in [0, 0.1) is 0 Å². The van der Waals surface area contributed by atoms with Crippen molar-refractivity contribution in [2.75, 3.05) is 11.3 Å². The van der Waals surface area contributed by atoms with E-state index < -0.39 is 28.4 Å². The normalized spacial score (nSPS) is 19.3. The second kappa shape index (κ2) is 8.52. The van der Waals surface area contributed by atoms with Crippen LogP contribution in [0.4, 0.5) is 18.9 Å². The first-order valence-corrected chi connectivity index (χ1v) is 10.4. The van der Waals surface area contributed by atoms with Gasteiger partial charge in [0.1, 0.15) is 5.75 Å². The fourth-order valence-corrected chi connectivity index (χ4v) is 4.18. The SMILES string of the molecule is CC(=O)OC1CC(c2cccc(NS(=O)(=O)c3ccc(OC(F)(F)F)cc3)c2)CN1. The van der Waals surface area contributed by atoms with Gasteiger partial charge in [-0.05, 0) is 42.0 Å². The zero-order chi connectivity index (χ0) is 21.9. The molecule has 2 unspecified atom stereocenters. The van der Waals surface area contributed by atoms with Crippen LogP contribution in [0.25, 0.3) is 0 Å². The van der Waals surface area contributed by atoms with E-state index in [1.165, 1.54) is 6.92 Å². The molecule has 1 aliphatic heterocycles. The number of ether oxygens (including phenoxy) is 2. The Hall–Kier alpha value is -2.79. The average molecular weight is 444 g/mol. The van der Waals surface area contributed by atoms with Crippen molar-refractivity contribution in [1.82, 2.24) is 5.32 Å². The Morgan fingerprint density at radius 2 is 1.87 bits per heavy atom. The maximum atomic E-state index is 12.6. The third kappa shape index (κ3) is 5.86. The van der Waals surface area contributed by atoms with Crippen LogP contribution in [-0.4, -0.2) is 33.5 Å². The van der Waals surface area contributed by atoms with Gasteiger partial charge in [0.2, 0.25) is 0 Å². The van der Waals surface area contributed by atoms with Crippen LogP contribution in [0.5, 0.6) is 5.75 Å². The minimum Gasteiger partial charge on any atom is -0.447 e. The van der Waals surface area contributed by atoms with Gasteiger partial charge in [-0.25, -0.2) is 8.42 Å². The summed E-state index contributed by atoms with van der Waals surface area (Å²) < 4.78 is 73.1. The highest BCUT2D eigenvalue weighted by atomic mass is 32.2. The third-order valence-corrected chi connectivity index (χ3v) is 5.77. The maximum absolute atomic E-state index is 12.6. The van der Waals surface area contributed by atoms with Crippen molar-refractivity contribution in [2.45, 2.75) is 36.7 Å². The molecular formula is C19H19F3N2O5S. The van der Waals surface area contributed by atoms with Gasteiger partial charge >= 0.3 is 12.3 Å². The van der Waals surface area contributed by atoms with Crippen LogP contribution in [0.3, 0.4) is 0 Å². The number of nitrogens with one attached hydrogen (secondary N) is 2. The molecule has 162 valence electrons. The van der Waals surface area contributed by atoms with E-state index in [4.69, 9.17) is 4.74 Å². The lowest BCUT2D eigenvalue weighted by molar-refractivity contribution is -0.274. The summed E-state index contributed by atoms with van der Waals surface area (Å²) >= 11 is 0. The summed E-state index contributed by atoms with van der Waals surface area (Å²) in [5.74, 6) is -0.876. The van der Waals surface area contributed by atoms with Crippen LogP contribution < -0.4 is 14.8 Å². The van der Waals surface area contributed by atoms with Crippen molar-refractivity contribution in [3.8, 4) is 5.75 Å². The average Bonchev–Trinajstić information content (AvgIpc) is 3.08. The van der Waals surface area contributed by atoms with E-state index in [1.54, 1.807) is 18.2 Å². The van der Waals surface area contributed by atoms with E-state index in [-0.39, 0.29) is 16.8 Å². The Morgan fingerprint density at radius 1 is 1.17 bits per heavy atom. The van der Waals surface area contributed by atoms with Crippen LogP contribution in [0.1, 0.15) is 24.8 Å². The topological polar surface area (TPSA) is 93.7 Å². The smallest absolute Gasteiger partial charge is 0.447 e. The molecule has 0 bridgehead atoms. The summed E-state index contributed by atoms with van der Waals surface area (Å²) in [6, 6.07) is 10.7. The molecule has 0 amide bonds. The highest BCUT2D eigenvalue weighted by molar-refractivity contribution is 7.92. The minimum absolute atomic E-state index is 0.0256. The molecule has 2 aromatic carbocycles. The van der Waals surface area contributed by atoms with E-state index >= 15 is 0 Å². The molecule has 3 rings (SSSR count). The van der Waals surface area contributed by atoms with Crippen LogP contribution in [0.15, 0.2) is 53.4 Å². The largest absolute Gasteiger partial charge is 0.573 e. The summed E-state index contributed by atoms with van der Waals surface area (Å²) in [6.45, 7) is 1.89. The number of carbonyl (C=O) groups is 1. The zero-order valence-corrected chi connectivity index (χ0v) is 16.6. The van der Waals surface area contributed by atoms with Crippen LogP contribution in [0.2, 0.25) is 0 Å². The van der Waals surface area contributed by atoms with Gasteiger partial charge in [-0.1, -0.05) is 12.1 Å².